The van der Waals surface area contributed by atoms with Crippen LogP contribution in [0.3, 0.4) is 0 Å². The number of carbonyl (C=O) groups is 1. The van der Waals surface area contributed by atoms with Gasteiger partial charge in [0.2, 0.25) is 0 Å². The average Bonchev–Trinajstić information content (AvgIpc) is 2.73. The van der Waals surface area contributed by atoms with E-state index in [1.165, 1.54) is 11.3 Å². The lowest BCUT2D eigenvalue weighted by molar-refractivity contribution is -0.132. The molecule has 0 saturated carbocycles. The lowest BCUT2D eigenvalue weighted by Gasteiger charge is -2.17. The Kier molecular flexibility index (Phi) is 3.47. The first kappa shape index (κ1) is 11.7. The molecule has 0 atom stereocenters. The quantitative estimate of drug-likeness (QED) is 0.809. The third-order valence-electron chi connectivity index (χ3n) is 3.20. The summed E-state index contributed by atoms with van der Waals surface area (Å²) in [6.45, 7) is 3.54. The van der Waals surface area contributed by atoms with Gasteiger partial charge in [0, 0.05) is 24.4 Å². The Morgan fingerprint density at radius 1 is 1.47 bits per heavy atom. The highest BCUT2D eigenvalue weighted by molar-refractivity contribution is 5.86. The molecule has 1 N–H and O–H groups in total. The molecule has 1 aromatic rings. The Morgan fingerprint density at radius 3 is 2.94 bits per heavy atom. The van der Waals surface area contributed by atoms with Crippen LogP contribution in [-0.4, -0.2) is 24.2 Å². The Bertz CT molecular complexity index is 451. The summed E-state index contributed by atoms with van der Waals surface area (Å²) < 4.78 is 0. The number of hydrogen-bond donors (Lipinski definition) is 1. The summed E-state index contributed by atoms with van der Waals surface area (Å²) in [6, 6.07) is 8.31. The number of benzene rings is 1. The molecule has 1 aliphatic heterocycles. The van der Waals surface area contributed by atoms with Gasteiger partial charge in [0.1, 0.15) is 0 Å². The monoisotopic (exact) mass is 231 g/mol. The molecule has 0 amide bonds. The molecule has 0 unspecified atom stereocenters. The molecule has 1 heterocycles. The van der Waals surface area contributed by atoms with E-state index in [0.717, 1.165) is 13.0 Å². The van der Waals surface area contributed by atoms with Crippen LogP contribution in [0.2, 0.25) is 0 Å². The van der Waals surface area contributed by atoms with Crippen LogP contribution in [0.4, 0.5) is 5.69 Å². The number of nitrogens with zero attached hydrogens (tertiary/aromatic N) is 1. The van der Waals surface area contributed by atoms with Crippen LogP contribution in [0.5, 0.6) is 0 Å². The largest absolute Gasteiger partial charge is 0.478 e. The van der Waals surface area contributed by atoms with Gasteiger partial charge in [-0.25, -0.2) is 4.79 Å². The summed E-state index contributed by atoms with van der Waals surface area (Å²) in [5, 5.41) is 8.96. The fraction of sp³-hybridized carbons (Fsp3) is 0.357. The van der Waals surface area contributed by atoms with E-state index in [1.54, 1.807) is 0 Å². The predicted octanol–water partition coefficient (Wildman–Crippen LogP) is 2.47. The van der Waals surface area contributed by atoms with Crippen LogP contribution >= 0.6 is 0 Å². The van der Waals surface area contributed by atoms with E-state index >= 15 is 0 Å². The Balaban J connectivity index is 2.10. The van der Waals surface area contributed by atoms with Gasteiger partial charge in [-0.2, -0.15) is 0 Å². The van der Waals surface area contributed by atoms with Crippen molar-refractivity contribution < 1.29 is 9.90 Å². The van der Waals surface area contributed by atoms with Crippen molar-refractivity contribution in [2.45, 2.75) is 19.8 Å². The molecule has 0 spiro atoms. The minimum Gasteiger partial charge on any atom is -0.478 e. The van der Waals surface area contributed by atoms with E-state index < -0.39 is 5.97 Å². The fourth-order valence-electron chi connectivity index (χ4n) is 2.20. The first-order valence-electron chi connectivity index (χ1n) is 5.97. The summed E-state index contributed by atoms with van der Waals surface area (Å²) in [5.74, 6) is -0.806. The van der Waals surface area contributed by atoms with Crippen molar-refractivity contribution in [3.8, 4) is 0 Å². The number of carboxylic acid groups (broad SMARTS) is 1. The number of rotatable bonds is 4. The molecule has 0 saturated heterocycles. The number of anilines is 1. The van der Waals surface area contributed by atoms with Crippen LogP contribution in [0.25, 0.3) is 0 Å². The molecule has 90 valence electrons. The Labute approximate surface area is 101 Å². The zero-order valence-corrected chi connectivity index (χ0v) is 10.0. The van der Waals surface area contributed by atoms with Gasteiger partial charge in [-0.15, -0.1) is 0 Å². The number of aliphatic carboxylic acids is 1. The maximum atomic E-state index is 10.9. The van der Waals surface area contributed by atoms with Gasteiger partial charge in [-0.1, -0.05) is 31.2 Å². The number of para-hydroxylation sites is 1. The van der Waals surface area contributed by atoms with Gasteiger partial charge < -0.3 is 10.0 Å². The van der Waals surface area contributed by atoms with Crippen molar-refractivity contribution in [1.29, 1.82) is 0 Å². The highest BCUT2D eigenvalue weighted by Crippen LogP contribution is 2.27. The molecule has 3 heteroatoms. The van der Waals surface area contributed by atoms with Crippen LogP contribution < -0.4 is 4.90 Å². The van der Waals surface area contributed by atoms with Gasteiger partial charge in [0.05, 0.1) is 0 Å². The van der Waals surface area contributed by atoms with E-state index in [9.17, 15) is 4.79 Å². The van der Waals surface area contributed by atoms with E-state index in [1.807, 2.05) is 25.1 Å². The smallest absolute Gasteiger partial charge is 0.331 e. The van der Waals surface area contributed by atoms with Crippen molar-refractivity contribution in [1.82, 2.24) is 0 Å². The third kappa shape index (κ3) is 2.49. The topological polar surface area (TPSA) is 40.5 Å². The summed E-state index contributed by atoms with van der Waals surface area (Å²) in [7, 11) is 0. The highest BCUT2D eigenvalue weighted by atomic mass is 16.4. The molecule has 1 aliphatic rings. The molecular formula is C14H17NO2. The summed E-state index contributed by atoms with van der Waals surface area (Å²) in [6.07, 6.45) is 3.45. The van der Waals surface area contributed by atoms with Gasteiger partial charge in [-0.3, -0.25) is 0 Å². The molecule has 17 heavy (non-hydrogen) atoms. The first-order valence-corrected chi connectivity index (χ1v) is 5.97. The van der Waals surface area contributed by atoms with Gasteiger partial charge in [-0.05, 0) is 24.5 Å². The molecule has 0 aliphatic carbocycles. The fourth-order valence-corrected chi connectivity index (χ4v) is 2.20. The van der Waals surface area contributed by atoms with E-state index in [-0.39, 0.29) is 0 Å². The molecule has 2 rings (SSSR count). The van der Waals surface area contributed by atoms with Crippen molar-refractivity contribution >= 4 is 11.7 Å². The molecular weight excluding hydrogens is 214 g/mol. The Morgan fingerprint density at radius 2 is 2.24 bits per heavy atom. The molecule has 1 aromatic carbocycles. The number of fused-ring (bicyclic) bond motifs is 1. The normalized spacial score (nSPS) is 14.9. The standard InChI is InChI=1S/C14H17NO2/c1-2-11(14(16)17)7-9-15-10-8-12-5-3-4-6-13(12)15/h3-7H,2,8-10H2,1H3,(H,16,17). The second kappa shape index (κ2) is 5.04. The summed E-state index contributed by atoms with van der Waals surface area (Å²) in [5.41, 5.74) is 3.09. The van der Waals surface area contributed by atoms with Crippen molar-refractivity contribution in [2.75, 3.05) is 18.0 Å². The van der Waals surface area contributed by atoms with Crippen molar-refractivity contribution in [3.63, 3.8) is 0 Å². The minimum absolute atomic E-state index is 0.495. The first-order chi connectivity index (χ1) is 8.22. The zero-order chi connectivity index (χ0) is 12.3. The van der Waals surface area contributed by atoms with Crippen LogP contribution in [0.1, 0.15) is 18.9 Å². The summed E-state index contributed by atoms with van der Waals surface area (Å²) >= 11 is 0. The number of carboxylic acids is 1. The van der Waals surface area contributed by atoms with Gasteiger partial charge >= 0.3 is 5.97 Å². The second-order valence-corrected chi connectivity index (χ2v) is 4.21. The van der Waals surface area contributed by atoms with Crippen LogP contribution in [0, 0.1) is 0 Å². The van der Waals surface area contributed by atoms with Crippen molar-refractivity contribution in [3.05, 3.63) is 41.5 Å². The van der Waals surface area contributed by atoms with Gasteiger partial charge in [0.25, 0.3) is 0 Å². The third-order valence-corrected chi connectivity index (χ3v) is 3.20. The van der Waals surface area contributed by atoms with E-state index in [2.05, 4.69) is 17.0 Å². The maximum absolute atomic E-state index is 10.9. The lowest BCUT2D eigenvalue weighted by atomic mass is 10.2. The minimum atomic E-state index is -0.806. The van der Waals surface area contributed by atoms with E-state index in [4.69, 9.17) is 5.11 Å². The molecule has 0 bridgehead atoms. The SMILES string of the molecule is CCC(=CCN1CCc2ccccc21)C(=O)O. The summed E-state index contributed by atoms with van der Waals surface area (Å²) in [4.78, 5) is 13.1. The molecule has 0 aromatic heterocycles. The van der Waals surface area contributed by atoms with Gasteiger partial charge in [0.15, 0.2) is 0 Å². The van der Waals surface area contributed by atoms with Crippen molar-refractivity contribution in [2.24, 2.45) is 0 Å². The highest BCUT2D eigenvalue weighted by Gasteiger charge is 2.17. The Hall–Kier alpha value is -1.77. The average molecular weight is 231 g/mol. The zero-order valence-electron chi connectivity index (χ0n) is 10.0. The lowest BCUT2D eigenvalue weighted by Crippen LogP contribution is -2.21. The molecule has 3 nitrogen and oxygen atoms in total. The molecule has 0 radical (unpaired) electrons. The maximum Gasteiger partial charge on any atom is 0.331 e. The van der Waals surface area contributed by atoms with Crippen LogP contribution in [0.15, 0.2) is 35.9 Å². The van der Waals surface area contributed by atoms with Crippen LogP contribution in [-0.2, 0) is 11.2 Å². The second-order valence-electron chi connectivity index (χ2n) is 4.21. The number of hydrogen-bond acceptors (Lipinski definition) is 2. The molecule has 0 fully saturated rings. The predicted molar refractivity (Wildman–Crippen MR) is 68.4 cm³/mol. The van der Waals surface area contributed by atoms with E-state index in [0.29, 0.717) is 18.5 Å².